The lowest BCUT2D eigenvalue weighted by Gasteiger charge is -1.95. The van der Waals surface area contributed by atoms with Crippen molar-refractivity contribution in [2.75, 3.05) is 0 Å². The van der Waals surface area contributed by atoms with Crippen molar-refractivity contribution >= 4 is 17.6 Å². The van der Waals surface area contributed by atoms with Gasteiger partial charge in [-0.05, 0) is 36.8 Å². The van der Waals surface area contributed by atoms with Crippen molar-refractivity contribution in [1.29, 1.82) is 0 Å². The van der Waals surface area contributed by atoms with Crippen LogP contribution in [0.3, 0.4) is 0 Å². The van der Waals surface area contributed by atoms with Crippen molar-refractivity contribution in [1.82, 2.24) is 0 Å². The van der Waals surface area contributed by atoms with Crippen molar-refractivity contribution in [2.45, 2.75) is 6.92 Å². The molecule has 0 unspecified atom stereocenters. The summed E-state index contributed by atoms with van der Waals surface area (Å²) in [5.41, 5.74) is 1.34. The van der Waals surface area contributed by atoms with Crippen LogP contribution in [0.1, 0.15) is 15.9 Å². The maximum Gasteiger partial charge on any atom is 0.335 e. The zero-order valence-electron chi connectivity index (χ0n) is 9.80. The second-order valence-corrected chi connectivity index (χ2v) is 4.03. The molecule has 3 nitrogen and oxygen atoms in total. The van der Waals surface area contributed by atoms with Crippen LogP contribution >= 0.6 is 11.6 Å². The molecular formula is C14H13ClO3. The van der Waals surface area contributed by atoms with E-state index < -0.39 is 5.97 Å². The van der Waals surface area contributed by atoms with Gasteiger partial charge in [0.1, 0.15) is 5.75 Å². The Morgan fingerprint density at radius 3 is 2.11 bits per heavy atom. The molecule has 0 atom stereocenters. The van der Waals surface area contributed by atoms with Gasteiger partial charge in [-0.25, -0.2) is 4.79 Å². The molecule has 0 saturated heterocycles. The maximum atomic E-state index is 10.2. The molecule has 0 spiro atoms. The third-order valence-electron chi connectivity index (χ3n) is 2.12. The molecule has 2 aromatic carbocycles. The van der Waals surface area contributed by atoms with Gasteiger partial charge >= 0.3 is 5.97 Å². The smallest absolute Gasteiger partial charge is 0.335 e. The Kier molecular flexibility index (Phi) is 5.21. The molecule has 2 aromatic rings. The number of carboxylic acids is 1. The number of aromatic hydroxyl groups is 1. The average molecular weight is 265 g/mol. The molecule has 0 amide bonds. The van der Waals surface area contributed by atoms with Crippen molar-refractivity contribution in [3.63, 3.8) is 0 Å². The Hall–Kier alpha value is -2.00. The first-order chi connectivity index (χ1) is 8.50. The summed E-state index contributed by atoms with van der Waals surface area (Å²) in [6, 6.07) is 13.4. The van der Waals surface area contributed by atoms with Gasteiger partial charge in [-0.15, -0.1) is 0 Å². The average Bonchev–Trinajstić information content (AvgIpc) is 2.36. The minimum atomic E-state index is -0.879. The van der Waals surface area contributed by atoms with Gasteiger partial charge in [-0.1, -0.05) is 35.9 Å². The second kappa shape index (κ2) is 6.67. The molecule has 2 N–H and O–H groups in total. The molecule has 0 aliphatic rings. The molecule has 0 aromatic heterocycles. The topological polar surface area (TPSA) is 57.5 Å². The Bertz CT molecular complexity index is 524. The van der Waals surface area contributed by atoms with E-state index in [1.54, 1.807) is 42.5 Å². The molecule has 2 rings (SSSR count). The van der Waals surface area contributed by atoms with Crippen molar-refractivity contribution < 1.29 is 15.0 Å². The van der Waals surface area contributed by atoms with Crippen LogP contribution in [0.4, 0.5) is 0 Å². The number of benzene rings is 2. The third kappa shape index (κ3) is 4.47. The number of phenols is 1. The number of hydrogen-bond donors (Lipinski definition) is 2. The monoisotopic (exact) mass is 264 g/mol. The third-order valence-corrected chi connectivity index (χ3v) is 2.44. The van der Waals surface area contributed by atoms with Crippen LogP contribution < -0.4 is 0 Å². The number of halogens is 1. The first-order valence-electron chi connectivity index (χ1n) is 5.24. The van der Waals surface area contributed by atoms with Crippen LogP contribution in [-0.2, 0) is 0 Å². The van der Waals surface area contributed by atoms with E-state index in [1.165, 1.54) is 0 Å². The van der Waals surface area contributed by atoms with E-state index >= 15 is 0 Å². The zero-order chi connectivity index (χ0) is 13.5. The molecule has 0 aliphatic heterocycles. The molecule has 0 fully saturated rings. The summed E-state index contributed by atoms with van der Waals surface area (Å²) in [5.74, 6) is -0.729. The lowest BCUT2D eigenvalue weighted by Crippen LogP contribution is -1.93. The lowest BCUT2D eigenvalue weighted by molar-refractivity contribution is 0.0697. The molecule has 0 aliphatic carbocycles. The van der Waals surface area contributed by atoms with Gasteiger partial charge < -0.3 is 10.2 Å². The van der Waals surface area contributed by atoms with E-state index in [0.29, 0.717) is 10.6 Å². The predicted molar refractivity (Wildman–Crippen MR) is 71.3 cm³/mol. The van der Waals surface area contributed by atoms with E-state index in [2.05, 4.69) is 0 Å². The fourth-order valence-corrected chi connectivity index (χ4v) is 1.32. The first kappa shape index (κ1) is 14.1. The second-order valence-electron chi connectivity index (χ2n) is 3.63. The molecule has 94 valence electrons. The SMILES string of the molecule is Cc1ccc(Cl)c(O)c1.O=C(O)c1ccccc1. The Morgan fingerprint density at radius 2 is 1.72 bits per heavy atom. The highest BCUT2D eigenvalue weighted by molar-refractivity contribution is 6.31. The lowest BCUT2D eigenvalue weighted by atomic mass is 10.2. The number of phenolic OH excluding ortho intramolecular Hbond substituents is 1. The van der Waals surface area contributed by atoms with Gasteiger partial charge in [0.05, 0.1) is 10.6 Å². The molecular weight excluding hydrogens is 252 g/mol. The summed E-state index contributed by atoms with van der Waals surface area (Å²) < 4.78 is 0. The first-order valence-corrected chi connectivity index (χ1v) is 5.62. The number of carbonyl (C=O) groups is 1. The summed E-state index contributed by atoms with van der Waals surface area (Å²) >= 11 is 5.53. The molecule has 0 saturated carbocycles. The maximum absolute atomic E-state index is 10.2. The molecule has 4 heteroatoms. The van der Waals surface area contributed by atoms with Gasteiger partial charge in [-0.2, -0.15) is 0 Å². The van der Waals surface area contributed by atoms with Crippen molar-refractivity contribution in [2.24, 2.45) is 0 Å². The molecule has 0 radical (unpaired) electrons. The van der Waals surface area contributed by atoms with Crippen molar-refractivity contribution in [3.8, 4) is 5.75 Å². The van der Waals surface area contributed by atoms with Gasteiger partial charge in [0.25, 0.3) is 0 Å². The van der Waals surface area contributed by atoms with E-state index in [4.69, 9.17) is 21.8 Å². The molecule has 18 heavy (non-hydrogen) atoms. The fraction of sp³-hybridized carbons (Fsp3) is 0.0714. The van der Waals surface area contributed by atoms with Crippen LogP contribution in [0, 0.1) is 6.92 Å². The van der Waals surface area contributed by atoms with Gasteiger partial charge in [0.2, 0.25) is 0 Å². The number of hydrogen-bond acceptors (Lipinski definition) is 2. The summed E-state index contributed by atoms with van der Waals surface area (Å²) in [7, 11) is 0. The Morgan fingerprint density at radius 1 is 1.11 bits per heavy atom. The zero-order valence-corrected chi connectivity index (χ0v) is 10.6. The van der Waals surface area contributed by atoms with E-state index in [1.807, 2.05) is 13.0 Å². The highest BCUT2D eigenvalue weighted by atomic mass is 35.5. The van der Waals surface area contributed by atoms with E-state index in [0.717, 1.165) is 5.56 Å². The largest absolute Gasteiger partial charge is 0.506 e. The van der Waals surface area contributed by atoms with Gasteiger partial charge in [-0.3, -0.25) is 0 Å². The quantitative estimate of drug-likeness (QED) is 0.825. The minimum absolute atomic E-state index is 0.150. The number of carboxylic acid groups (broad SMARTS) is 1. The molecule has 0 bridgehead atoms. The van der Waals surface area contributed by atoms with Crippen LogP contribution in [0.25, 0.3) is 0 Å². The molecule has 0 heterocycles. The fourth-order valence-electron chi connectivity index (χ4n) is 1.20. The van der Waals surface area contributed by atoms with Crippen LogP contribution in [0.5, 0.6) is 5.75 Å². The van der Waals surface area contributed by atoms with E-state index in [9.17, 15) is 4.79 Å². The highest BCUT2D eigenvalue weighted by Gasteiger charge is 1.96. The van der Waals surface area contributed by atoms with Crippen LogP contribution in [0.2, 0.25) is 5.02 Å². The summed E-state index contributed by atoms with van der Waals surface area (Å²) in [4.78, 5) is 10.2. The number of rotatable bonds is 1. The van der Waals surface area contributed by atoms with Gasteiger partial charge in [0, 0.05) is 0 Å². The highest BCUT2D eigenvalue weighted by Crippen LogP contribution is 2.22. The number of aromatic carboxylic acids is 1. The normalized spacial score (nSPS) is 9.22. The minimum Gasteiger partial charge on any atom is -0.506 e. The van der Waals surface area contributed by atoms with Crippen LogP contribution in [0.15, 0.2) is 48.5 Å². The number of aryl methyl sites for hydroxylation is 1. The standard InChI is InChI=1S/C7H7ClO.C7H6O2/c1-5-2-3-6(8)7(9)4-5;8-7(9)6-4-2-1-3-5-6/h2-4,9H,1H3;1-5H,(H,8,9). The summed E-state index contributed by atoms with van der Waals surface area (Å²) in [6.07, 6.45) is 0. The van der Waals surface area contributed by atoms with Gasteiger partial charge in [0.15, 0.2) is 0 Å². The van der Waals surface area contributed by atoms with Crippen molar-refractivity contribution in [3.05, 3.63) is 64.7 Å². The Labute approximate surface area is 110 Å². The Balaban J connectivity index is 0.000000180. The van der Waals surface area contributed by atoms with Crippen LogP contribution in [-0.4, -0.2) is 16.2 Å². The predicted octanol–water partition coefficient (Wildman–Crippen LogP) is 3.74. The summed E-state index contributed by atoms with van der Waals surface area (Å²) in [5, 5.41) is 17.8. The summed E-state index contributed by atoms with van der Waals surface area (Å²) in [6.45, 7) is 1.90. The van der Waals surface area contributed by atoms with E-state index in [-0.39, 0.29) is 5.75 Å².